The van der Waals surface area contributed by atoms with Gasteiger partial charge in [-0.15, -0.1) is 0 Å². The summed E-state index contributed by atoms with van der Waals surface area (Å²) in [5.74, 6) is 5.69. The van der Waals surface area contributed by atoms with Crippen molar-refractivity contribution in [1.29, 1.82) is 0 Å². The summed E-state index contributed by atoms with van der Waals surface area (Å²) in [5, 5.41) is 0. The highest BCUT2D eigenvalue weighted by Crippen LogP contribution is 2.26. The van der Waals surface area contributed by atoms with E-state index in [1.807, 2.05) is 0 Å². The van der Waals surface area contributed by atoms with Crippen LogP contribution in [0.1, 0.15) is 31.9 Å². The number of nitrogens with one attached hydrogen (secondary N) is 1. The van der Waals surface area contributed by atoms with E-state index in [1.165, 1.54) is 11.1 Å². The number of hydrogen-bond acceptors (Lipinski definition) is 3. The summed E-state index contributed by atoms with van der Waals surface area (Å²) in [7, 11) is 1.75. The molecular formula is C15H26N2O. The Hall–Kier alpha value is -0.900. The Bertz CT molecular complexity index is 354. The molecule has 3 heteroatoms. The highest BCUT2D eigenvalue weighted by atomic mass is 16.5. The van der Waals surface area contributed by atoms with Crippen LogP contribution >= 0.6 is 0 Å². The fraction of sp³-hybridized carbons (Fsp3) is 0.600. The number of aryl methyl sites for hydroxylation is 1. The van der Waals surface area contributed by atoms with Crippen molar-refractivity contribution in [2.24, 2.45) is 11.3 Å². The summed E-state index contributed by atoms with van der Waals surface area (Å²) < 4.78 is 5.62. The van der Waals surface area contributed by atoms with Crippen molar-refractivity contribution in [3.63, 3.8) is 0 Å². The largest absolute Gasteiger partial charge is 0.379 e. The van der Waals surface area contributed by atoms with Crippen molar-refractivity contribution < 1.29 is 4.74 Å². The number of nitrogens with two attached hydrogens (primary N) is 1. The highest BCUT2D eigenvalue weighted by Gasteiger charge is 2.31. The molecule has 18 heavy (non-hydrogen) atoms. The number of ether oxygens (including phenoxy) is 1. The van der Waals surface area contributed by atoms with Crippen molar-refractivity contribution >= 4 is 0 Å². The fourth-order valence-corrected chi connectivity index (χ4v) is 2.35. The van der Waals surface area contributed by atoms with Gasteiger partial charge in [0, 0.05) is 7.11 Å². The average molecular weight is 250 g/mol. The van der Waals surface area contributed by atoms with E-state index in [4.69, 9.17) is 10.6 Å². The number of rotatable bonds is 5. The molecule has 0 heterocycles. The molecule has 1 aromatic carbocycles. The predicted molar refractivity (Wildman–Crippen MR) is 76.2 cm³/mol. The molecule has 0 aliphatic rings. The first-order chi connectivity index (χ1) is 8.38. The Balaban J connectivity index is 2.80. The van der Waals surface area contributed by atoms with Crippen LogP contribution in [0.3, 0.4) is 0 Å². The summed E-state index contributed by atoms with van der Waals surface area (Å²) in [6, 6.07) is 8.66. The van der Waals surface area contributed by atoms with Crippen LogP contribution in [0, 0.1) is 12.3 Å². The minimum absolute atomic E-state index is 0.0521. The summed E-state index contributed by atoms with van der Waals surface area (Å²) in [6.07, 6.45) is 0.941. The molecule has 1 aromatic rings. The minimum atomic E-state index is 0.0521. The lowest BCUT2D eigenvalue weighted by molar-refractivity contribution is -0.0110. The SMILES string of the molecule is COC(C(Cc1ccc(C)cc1)NN)C(C)(C)C. The zero-order valence-electron chi connectivity index (χ0n) is 12.2. The Labute approximate surface area is 111 Å². The van der Waals surface area contributed by atoms with Gasteiger partial charge in [0.25, 0.3) is 0 Å². The Kier molecular flexibility index (Phi) is 5.32. The van der Waals surface area contributed by atoms with Gasteiger partial charge in [-0.25, -0.2) is 0 Å². The van der Waals surface area contributed by atoms with Crippen LogP contribution in [0.4, 0.5) is 0 Å². The first-order valence-electron chi connectivity index (χ1n) is 6.43. The summed E-state index contributed by atoms with van der Waals surface area (Å²) >= 11 is 0. The maximum Gasteiger partial charge on any atom is 0.0789 e. The van der Waals surface area contributed by atoms with E-state index < -0.39 is 0 Å². The number of hydrogen-bond donors (Lipinski definition) is 2. The number of hydrazine groups is 1. The molecule has 3 nitrogen and oxygen atoms in total. The Morgan fingerprint density at radius 2 is 1.78 bits per heavy atom. The summed E-state index contributed by atoms with van der Waals surface area (Å²) in [5.41, 5.74) is 5.50. The molecule has 0 aliphatic carbocycles. The van der Waals surface area contributed by atoms with Crippen LogP contribution < -0.4 is 11.3 Å². The van der Waals surface area contributed by atoms with E-state index in [0.717, 1.165) is 6.42 Å². The fourth-order valence-electron chi connectivity index (χ4n) is 2.35. The maximum absolute atomic E-state index is 5.69. The molecule has 3 N–H and O–H groups in total. The van der Waals surface area contributed by atoms with Crippen molar-refractivity contribution in [3.8, 4) is 0 Å². The lowest BCUT2D eigenvalue weighted by atomic mass is 9.82. The van der Waals surface area contributed by atoms with Gasteiger partial charge < -0.3 is 4.74 Å². The first-order valence-corrected chi connectivity index (χ1v) is 6.43. The third kappa shape index (κ3) is 4.09. The quantitative estimate of drug-likeness (QED) is 0.623. The number of methoxy groups -OCH3 is 1. The van der Waals surface area contributed by atoms with Crippen molar-refractivity contribution in [3.05, 3.63) is 35.4 Å². The molecule has 0 amide bonds. The van der Waals surface area contributed by atoms with Gasteiger partial charge in [-0.05, 0) is 24.3 Å². The van der Waals surface area contributed by atoms with Crippen LogP contribution in [-0.2, 0) is 11.2 Å². The van der Waals surface area contributed by atoms with Gasteiger partial charge in [0.05, 0.1) is 12.1 Å². The molecule has 0 fully saturated rings. The van der Waals surface area contributed by atoms with Crippen LogP contribution in [0.2, 0.25) is 0 Å². The van der Waals surface area contributed by atoms with Gasteiger partial charge >= 0.3 is 0 Å². The predicted octanol–water partition coefficient (Wildman–Crippen LogP) is 2.43. The molecule has 0 aliphatic heterocycles. The molecular weight excluding hydrogens is 224 g/mol. The molecule has 102 valence electrons. The highest BCUT2D eigenvalue weighted by molar-refractivity contribution is 5.22. The molecule has 2 atom stereocenters. The van der Waals surface area contributed by atoms with Crippen LogP contribution in [0.5, 0.6) is 0 Å². The normalized spacial score (nSPS) is 15.4. The van der Waals surface area contributed by atoms with Crippen molar-refractivity contribution in [2.45, 2.75) is 46.3 Å². The standard InChI is InChI=1S/C15H26N2O/c1-11-6-8-12(9-7-11)10-13(17-16)14(18-5)15(2,3)4/h6-9,13-14,17H,10,16H2,1-5H3. The molecule has 2 unspecified atom stereocenters. The van der Waals surface area contributed by atoms with E-state index in [1.54, 1.807) is 7.11 Å². The lowest BCUT2D eigenvalue weighted by Gasteiger charge is -2.35. The molecule has 0 aromatic heterocycles. The third-order valence-corrected chi connectivity index (χ3v) is 3.26. The van der Waals surface area contributed by atoms with Gasteiger partial charge in [-0.1, -0.05) is 50.6 Å². The Morgan fingerprint density at radius 1 is 1.22 bits per heavy atom. The van der Waals surface area contributed by atoms with E-state index in [0.29, 0.717) is 0 Å². The van der Waals surface area contributed by atoms with E-state index in [2.05, 4.69) is 57.4 Å². The average Bonchev–Trinajstić information content (AvgIpc) is 2.29. The second-order valence-electron chi connectivity index (χ2n) is 5.99. The monoisotopic (exact) mass is 250 g/mol. The zero-order valence-corrected chi connectivity index (χ0v) is 12.2. The molecule has 1 rings (SSSR count). The maximum atomic E-state index is 5.69. The van der Waals surface area contributed by atoms with E-state index in [-0.39, 0.29) is 17.6 Å². The van der Waals surface area contributed by atoms with Crippen molar-refractivity contribution in [1.82, 2.24) is 5.43 Å². The minimum Gasteiger partial charge on any atom is -0.379 e. The zero-order chi connectivity index (χ0) is 13.8. The van der Waals surface area contributed by atoms with Crippen LogP contribution in [-0.4, -0.2) is 19.3 Å². The van der Waals surface area contributed by atoms with Crippen LogP contribution in [0.25, 0.3) is 0 Å². The number of benzene rings is 1. The second-order valence-corrected chi connectivity index (χ2v) is 5.99. The molecule has 0 radical (unpaired) electrons. The van der Waals surface area contributed by atoms with E-state index >= 15 is 0 Å². The van der Waals surface area contributed by atoms with Crippen molar-refractivity contribution in [2.75, 3.05) is 7.11 Å². The van der Waals surface area contributed by atoms with Gasteiger partial charge in [0.1, 0.15) is 0 Å². The second kappa shape index (κ2) is 6.32. The molecule has 0 saturated carbocycles. The van der Waals surface area contributed by atoms with Gasteiger partial charge in [-0.2, -0.15) is 0 Å². The third-order valence-electron chi connectivity index (χ3n) is 3.26. The molecule has 0 spiro atoms. The Morgan fingerprint density at radius 3 is 2.17 bits per heavy atom. The topological polar surface area (TPSA) is 47.3 Å². The van der Waals surface area contributed by atoms with E-state index in [9.17, 15) is 0 Å². The van der Waals surface area contributed by atoms with Crippen LogP contribution in [0.15, 0.2) is 24.3 Å². The molecule has 0 bridgehead atoms. The first kappa shape index (κ1) is 15.2. The van der Waals surface area contributed by atoms with Gasteiger partial charge in [0.2, 0.25) is 0 Å². The van der Waals surface area contributed by atoms with Gasteiger partial charge in [0.15, 0.2) is 0 Å². The summed E-state index contributed by atoms with van der Waals surface area (Å²) in [6.45, 7) is 8.59. The summed E-state index contributed by atoms with van der Waals surface area (Å²) in [4.78, 5) is 0. The lowest BCUT2D eigenvalue weighted by Crippen LogP contribution is -2.51. The van der Waals surface area contributed by atoms with Gasteiger partial charge in [-0.3, -0.25) is 11.3 Å². The molecule has 0 saturated heterocycles. The smallest absolute Gasteiger partial charge is 0.0789 e.